The third kappa shape index (κ3) is 6.55. The Morgan fingerprint density at radius 3 is 2.56 bits per heavy atom. The third-order valence-corrected chi connectivity index (χ3v) is 5.40. The number of guanidine groups is 1. The Balaban J connectivity index is 1.91. The molecule has 2 heterocycles. The van der Waals surface area contributed by atoms with E-state index < -0.39 is 0 Å². The molecule has 2 aliphatic rings. The van der Waals surface area contributed by atoms with Gasteiger partial charge in [0.1, 0.15) is 0 Å². The van der Waals surface area contributed by atoms with E-state index in [9.17, 15) is 4.79 Å². The first kappa shape index (κ1) is 21.8. The molecule has 1 amide bonds. The number of methoxy groups -OCH3 is 1. The zero-order valence-electron chi connectivity index (χ0n) is 17.7. The Kier molecular flexibility index (Phi) is 8.20. The number of piperidine rings is 1. The van der Waals surface area contributed by atoms with Gasteiger partial charge in [0, 0.05) is 44.7 Å². The number of amides is 1. The van der Waals surface area contributed by atoms with E-state index in [0.717, 1.165) is 44.9 Å². The van der Waals surface area contributed by atoms with Gasteiger partial charge in [-0.3, -0.25) is 4.99 Å². The maximum atomic E-state index is 11.6. The van der Waals surface area contributed by atoms with Crippen molar-refractivity contribution in [1.29, 1.82) is 0 Å². The first-order valence-electron chi connectivity index (χ1n) is 10.3. The Labute approximate surface area is 164 Å². The second kappa shape index (κ2) is 10.2. The minimum absolute atomic E-state index is 0.132. The Morgan fingerprint density at radius 2 is 1.96 bits per heavy atom. The first-order chi connectivity index (χ1) is 12.8. The summed E-state index contributed by atoms with van der Waals surface area (Å²) in [6, 6.07) is 0.324. The molecule has 0 aromatic heterocycles. The number of hydrogen-bond donors (Lipinski definition) is 2. The van der Waals surface area contributed by atoms with E-state index in [-0.39, 0.29) is 17.6 Å². The summed E-state index contributed by atoms with van der Waals surface area (Å²) in [5.74, 6) is 1.32. The molecular formula is C20H38N4O3. The maximum Gasteiger partial charge on any atom is 0.409 e. The molecule has 0 radical (unpaired) electrons. The van der Waals surface area contributed by atoms with Crippen LogP contribution in [-0.4, -0.2) is 69.0 Å². The van der Waals surface area contributed by atoms with Crippen molar-refractivity contribution in [2.24, 2.45) is 16.3 Å². The summed E-state index contributed by atoms with van der Waals surface area (Å²) >= 11 is 0. The molecule has 2 saturated heterocycles. The molecule has 2 aliphatic heterocycles. The van der Waals surface area contributed by atoms with Crippen molar-refractivity contribution in [3.8, 4) is 0 Å². The van der Waals surface area contributed by atoms with Gasteiger partial charge in [-0.05, 0) is 38.0 Å². The standard InChI is InChI=1S/C20H38N4O3/c1-6-21-18(23-16-9-11-24(12-10-16)19(25)26-5)22-14-15-8-7-13-27-17(15)20(2,3)4/h15-17H,6-14H2,1-5H3,(H2,21,22,23). The second-order valence-corrected chi connectivity index (χ2v) is 8.66. The predicted molar refractivity (Wildman–Crippen MR) is 108 cm³/mol. The zero-order chi connectivity index (χ0) is 19.9. The molecule has 7 nitrogen and oxygen atoms in total. The van der Waals surface area contributed by atoms with Crippen molar-refractivity contribution in [1.82, 2.24) is 15.5 Å². The van der Waals surface area contributed by atoms with Crippen LogP contribution in [0.2, 0.25) is 0 Å². The molecule has 7 heteroatoms. The molecule has 27 heavy (non-hydrogen) atoms. The molecule has 2 rings (SSSR count). The largest absolute Gasteiger partial charge is 0.453 e. The summed E-state index contributed by atoms with van der Waals surface area (Å²) in [5, 5.41) is 6.91. The summed E-state index contributed by atoms with van der Waals surface area (Å²) in [5.41, 5.74) is 0.132. The Hall–Kier alpha value is -1.50. The average molecular weight is 383 g/mol. The number of hydrogen-bond acceptors (Lipinski definition) is 4. The number of likely N-dealkylation sites (tertiary alicyclic amines) is 1. The quantitative estimate of drug-likeness (QED) is 0.577. The minimum atomic E-state index is -0.237. The summed E-state index contributed by atoms with van der Waals surface area (Å²) in [6.07, 6.45) is 4.10. The summed E-state index contributed by atoms with van der Waals surface area (Å²) < 4.78 is 10.9. The third-order valence-electron chi connectivity index (χ3n) is 5.40. The summed E-state index contributed by atoms with van der Waals surface area (Å²) in [7, 11) is 1.43. The summed E-state index contributed by atoms with van der Waals surface area (Å²) in [6.45, 7) is 12.7. The van der Waals surface area contributed by atoms with Crippen molar-refractivity contribution in [3.63, 3.8) is 0 Å². The van der Waals surface area contributed by atoms with Crippen molar-refractivity contribution in [2.75, 3.05) is 39.9 Å². The molecular weight excluding hydrogens is 344 g/mol. The molecule has 0 aliphatic carbocycles. The lowest BCUT2D eigenvalue weighted by Crippen LogP contribution is -2.50. The summed E-state index contributed by atoms with van der Waals surface area (Å²) in [4.78, 5) is 18.3. The fourth-order valence-corrected chi connectivity index (χ4v) is 4.04. The monoisotopic (exact) mass is 382 g/mol. The van der Waals surface area contributed by atoms with Crippen LogP contribution in [0, 0.1) is 11.3 Å². The van der Waals surface area contributed by atoms with Crippen LogP contribution >= 0.6 is 0 Å². The van der Waals surface area contributed by atoms with E-state index in [1.807, 2.05) is 0 Å². The number of carbonyl (C=O) groups excluding carboxylic acids is 1. The normalized spacial score (nSPS) is 25.2. The van der Waals surface area contributed by atoms with Crippen molar-refractivity contribution >= 4 is 12.1 Å². The minimum Gasteiger partial charge on any atom is -0.453 e. The van der Waals surface area contributed by atoms with Crippen molar-refractivity contribution in [2.45, 2.75) is 65.5 Å². The van der Waals surface area contributed by atoms with Gasteiger partial charge < -0.3 is 25.0 Å². The maximum absolute atomic E-state index is 11.6. The van der Waals surface area contributed by atoms with Gasteiger partial charge >= 0.3 is 6.09 Å². The van der Waals surface area contributed by atoms with Gasteiger partial charge in [-0.15, -0.1) is 0 Å². The molecule has 2 fully saturated rings. The van der Waals surface area contributed by atoms with Gasteiger partial charge in [0.2, 0.25) is 0 Å². The van der Waals surface area contributed by atoms with Crippen LogP contribution in [0.25, 0.3) is 0 Å². The van der Waals surface area contributed by atoms with E-state index >= 15 is 0 Å². The highest BCUT2D eigenvalue weighted by Gasteiger charge is 2.35. The lowest BCUT2D eigenvalue weighted by Gasteiger charge is -2.39. The Morgan fingerprint density at radius 1 is 1.26 bits per heavy atom. The average Bonchev–Trinajstić information content (AvgIpc) is 2.65. The molecule has 0 spiro atoms. The van der Waals surface area contributed by atoms with E-state index in [4.69, 9.17) is 14.5 Å². The molecule has 156 valence electrons. The van der Waals surface area contributed by atoms with Crippen molar-refractivity contribution < 1.29 is 14.3 Å². The zero-order valence-corrected chi connectivity index (χ0v) is 17.7. The van der Waals surface area contributed by atoms with E-state index in [0.29, 0.717) is 25.0 Å². The molecule has 0 bridgehead atoms. The fraction of sp³-hybridized carbons (Fsp3) is 0.900. The van der Waals surface area contributed by atoms with Crippen LogP contribution in [-0.2, 0) is 9.47 Å². The topological polar surface area (TPSA) is 75.2 Å². The molecule has 0 aromatic rings. The fourth-order valence-electron chi connectivity index (χ4n) is 4.04. The SMILES string of the molecule is CCNC(=NCC1CCCOC1C(C)(C)C)NC1CCN(C(=O)OC)CC1. The number of nitrogens with zero attached hydrogens (tertiary/aromatic N) is 2. The molecule has 2 atom stereocenters. The number of aliphatic imine (C=N–C) groups is 1. The lowest BCUT2D eigenvalue weighted by atomic mass is 9.78. The second-order valence-electron chi connectivity index (χ2n) is 8.66. The number of nitrogens with one attached hydrogen (secondary N) is 2. The van der Waals surface area contributed by atoms with E-state index in [1.54, 1.807) is 4.90 Å². The van der Waals surface area contributed by atoms with Gasteiger partial charge in [0.25, 0.3) is 0 Å². The van der Waals surface area contributed by atoms with Gasteiger partial charge in [-0.2, -0.15) is 0 Å². The van der Waals surface area contributed by atoms with Crippen LogP contribution in [0.5, 0.6) is 0 Å². The number of ether oxygens (including phenoxy) is 2. The number of carbonyl (C=O) groups is 1. The van der Waals surface area contributed by atoms with Crippen LogP contribution in [0.4, 0.5) is 4.79 Å². The number of rotatable bonds is 4. The van der Waals surface area contributed by atoms with E-state index in [2.05, 4.69) is 38.3 Å². The first-order valence-corrected chi connectivity index (χ1v) is 10.3. The van der Waals surface area contributed by atoms with Gasteiger partial charge in [-0.25, -0.2) is 4.79 Å². The molecule has 0 saturated carbocycles. The van der Waals surface area contributed by atoms with Crippen LogP contribution in [0.1, 0.15) is 53.4 Å². The highest BCUT2D eigenvalue weighted by molar-refractivity contribution is 5.80. The molecule has 2 unspecified atom stereocenters. The predicted octanol–water partition coefficient (Wildman–Crippen LogP) is 2.61. The van der Waals surface area contributed by atoms with Gasteiger partial charge in [-0.1, -0.05) is 20.8 Å². The van der Waals surface area contributed by atoms with Crippen molar-refractivity contribution in [3.05, 3.63) is 0 Å². The smallest absolute Gasteiger partial charge is 0.409 e. The highest BCUT2D eigenvalue weighted by atomic mass is 16.5. The van der Waals surface area contributed by atoms with Crippen LogP contribution < -0.4 is 10.6 Å². The van der Waals surface area contributed by atoms with Gasteiger partial charge in [0.05, 0.1) is 13.2 Å². The lowest BCUT2D eigenvalue weighted by molar-refractivity contribution is -0.0823. The van der Waals surface area contributed by atoms with Crippen LogP contribution in [0.3, 0.4) is 0 Å². The molecule has 2 N–H and O–H groups in total. The highest BCUT2D eigenvalue weighted by Crippen LogP contribution is 2.34. The van der Waals surface area contributed by atoms with Gasteiger partial charge in [0.15, 0.2) is 5.96 Å². The Bertz CT molecular complexity index is 496. The van der Waals surface area contributed by atoms with Crippen LogP contribution in [0.15, 0.2) is 4.99 Å². The molecule has 0 aromatic carbocycles. The van der Waals surface area contributed by atoms with E-state index in [1.165, 1.54) is 13.5 Å².